The van der Waals surface area contributed by atoms with Crippen LogP contribution in [0.3, 0.4) is 0 Å². The number of nitrogens with one attached hydrogen (secondary N) is 1. The lowest BCUT2D eigenvalue weighted by Crippen LogP contribution is -2.52. The molecule has 3 rings (SSSR count). The third-order valence-corrected chi connectivity index (χ3v) is 4.24. The Morgan fingerprint density at radius 1 is 1.15 bits per heavy atom. The summed E-state index contributed by atoms with van der Waals surface area (Å²) in [6.07, 6.45) is 1.20. The van der Waals surface area contributed by atoms with Crippen molar-refractivity contribution in [1.29, 1.82) is 0 Å². The van der Waals surface area contributed by atoms with Crippen molar-refractivity contribution in [3.63, 3.8) is 0 Å². The Balaban J connectivity index is 1.57. The van der Waals surface area contributed by atoms with Crippen LogP contribution in [0.15, 0.2) is 24.3 Å². The van der Waals surface area contributed by atoms with Crippen LogP contribution in [0.25, 0.3) is 0 Å². The van der Waals surface area contributed by atoms with Crippen LogP contribution >= 0.6 is 0 Å². The first-order valence-corrected chi connectivity index (χ1v) is 7.23. The number of nitrogens with zero attached hydrogens (tertiary/aromatic N) is 2. The number of rotatable bonds is 2. The SMILES string of the molecule is O=C(c1ccc(F)cc1)N1CCN(C2CCNC2)CC1. The first-order chi connectivity index (χ1) is 9.74. The number of hydrogen-bond donors (Lipinski definition) is 1. The highest BCUT2D eigenvalue weighted by Crippen LogP contribution is 2.14. The molecule has 20 heavy (non-hydrogen) atoms. The fourth-order valence-corrected chi connectivity index (χ4v) is 3.02. The number of piperazine rings is 1. The minimum Gasteiger partial charge on any atom is -0.336 e. The molecule has 0 radical (unpaired) electrons. The number of carbonyl (C=O) groups excluding carboxylic acids is 1. The second-order valence-corrected chi connectivity index (χ2v) is 5.48. The summed E-state index contributed by atoms with van der Waals surface area (Å²) < 4.78 is 12.9. The van der Waals surface area contributed by atoms with Crippen LogP contribution < -0.4 is 5.32 Å². The van der Waals surface area contributed by atoms with Crippen molar-refractivity contribution in [2.24, 2.45) is 0 Å². The summed E-state index contributed by atoms with van der Waals surface area (Å²) in [7, 11) is 0. The standard InChI is InChI=1S/C15H20FN3O/c16-13-3-1-12(2-4-13)15(20)19-9-7-18(8-10-19)14-5-6-17-11-14/h1-4,14,17H,5-11H2. The van der Waals surface area contributed by atoms with E-state index >= 15 is 0 Å². The largest absolute Gasteiger partial charge is 0.336 e. The highest BCUT2D eigenvalue weighted by molar-refractivity contribution is 5.94. The van der Waals surface area contributed by atoms with E-state index in [1.165, 1.54) is 18.6 Å². The minimum absolute atomic E-state index is 0.00852. The number of hydrogen-bond acceptors (Lipinski definition) is 3. The number of carbonyl (C=O) groups is 1. The first-order valence-electron chi connectivity index (χ1n) is 7.23. The second kappa shape index (κ2) is 5.89. The molecule has 2 aliphatic heterocycles. The molecule has 1 N–H and O–H groups in total. The van der Waals surface area contributed by atoms with Crippen molar-refractivity contribution in [2.75, 3.05) is 39.3 Å². The lowest BCUT2D eigenvalue weighted by molar-refractivity contribution is 0.0584. The van der Waals surface area contributed by atoms with Crippen LogP contribution in [0.1, 0.15) is 16.8 Å². The molecule has 1 atom stereocenters. The molecule has 5 heteroatoms. The van der Waals surface area contributed by atoms with Gasteiger partial charge in [-0.15, -0.1) is 0 Å². The molecule has 4 nitrogen and oxygen atoms in total. The van der Waals surface area contributed by atoms with Gasteiger partial charge in [0, 0.05) is 44.3 Å². The maximum Gasteiger partial charge on any atom is 0.253 e. The van der Waals surface area contributed by atoms with Crippen LogP contribution in [-0.4, -0.2) is 61.0 Å². The van der Waals surface area contributed by atoms with E-state index in [-0.39, 0.29) is 11.7 Å². The molecule has 108 valence electrons. The highest BCUT2D eigenvalue weighted by atomic mass is 19.1. The van der Waals surface area contributed by atoms with Gasteiger partial charge in [-0.05, 0) is 37.2 Å². The van der Waals surface area contributed by atoms with Crippen molar-refractivity contribution < 1.29 is 9.18 Å². The van der Waals surface area contributed by atoms with Gasteiger partial charge in [-0.25, -0.2) is 4.39 Å². The highest BCUT2D eigenvalue weighted by Gasteiger charge is 2.28. The smallest absolute Gasteiger partial charge is 0.253 e. The van der Waals surface area contributed by atoms with Crippen molar-refractivity contribution in [2.45, 2.75) is 12.5 Å². The molecule has 2 saturated heterocycles. The third kappa shape index (κ3) is 2.83. The molecule has 1 aromatic rings. The van der Waals surface area contributed by atoms with E-state index in [4.69, 9.17) is 0 Å². The number of benzene rings is 1. The van der Waals surface area contributed by atoms with Crippen molar-refractivity contribution in [3.05, 3.63) is 35.6 Å². The average Bonchev–Trinajstić information content (AvgIpc) is 3.02. The molecule has 0 aliphatic carbocycles. The molecule has 2 aliphatic rings. The van der Waals surface area contributed by atoms with Gasteiger partial charge in [0.05, 0.1) is 0 Å². The Bertz CT molecular complexity index is 463. The van der Waals surface area contributed by atoms with E-state index < -0.39 is 0 Å². The monoisotopic (exact) mass is 277 g/mol. The van der Waals surface area contributed by atoms with E-state index in [0.717, 1.165) is 39.3 Å². The van der Waals surface area contributed by atoms with Crippen molar-refractivity contribution in [3.8, 4) is 0 Å². The number of halogens is 1. The summed E-state index contributed by atoms with van der Waals surface area (Å²) in [4.78, 5) is 16.6. The van der Waals surface area contributed by atoms with Crippen molar-refractivity contribution >= 4 is 5.91 Å². The normalized spacial score (nSPS) is 24.1. The van der Waals surface area contributed by atoms with E-state index in [1.807, 2.05) is 4.90 Å². The molecule has 0 bridgehead atoms. The van der Waals surface area contributed by atoms with E-state index in [9.17, 15) is 9.18 Å². The Morgan fingerprint density at radius 3 is 2.45 bits per heavy atom. The molecular formula is C15H20FN3O. The fraction of sp³-hybridized carbons (Fsp3) is 0.533. The molecule has 1 unspecified atom stereocenters. The molecule has 0 aromatic heterocycles. The topological polar surface area (TPSA) is 35.6 Å². The van der Waals surface area contributed by atoms with Gasteiger partial charge in [0.15, 0.2) is 0 Å². The van der Waals surface area contributed by atoms with Crippen LogP contribution in [-0.2, 0) is 0 Å². The van der Waals surface area contributed by atoms with Gasteiger partial charge in [0.2, 0.25) is 0 Å². The summed E-state index contributed by atoms with van der Waals surface area (Å²) in [6.45, 7) is 5.53. The van der Waals surface area contributed by atoms with Crippen LogP contribution in [0.5, 0.6) is 0 Å². The maximum atomic E-state index is 12.9. The van der Waals surface area contributed by atoms with E-state index in [2.05, 4.69) is 10.2 Å². The van der Waals surface area contributed by atoms with Gasteiger partial charge in [-0.1, -0.05) is 0 Å². The molecule has 1 aromatic carbocycles. The van der Waals surface area contributed by atoms with Gasteiger partial charge >= 0.3 is 0 Å². The van der Waals surface area contributed by atoms with Crippen LogP contribution in [0.4, 0.5) is 4.39 Å². The van der Waals surface area contributed by atoms with Crippen molar-refractivity contribution in [1.82, 2.24) is 15.1 Å². The van der Waals surface area contributed by atoms with Crippen LogP contribution in [0.2, 0.25) is 0 Å². The molecule has 2 fully saturated rings. The predicted octanol–water partition coefficient (Wildman–Crippen LogP) is 0.945. The van der Waals surface area contributed by atoms with Gasteiger partial charge in [0.1, 0.15) is 5.82 Å². The van der Waals surface area contributed by atoms with Crippen LogP contribution in [0, 0.1) is 5.82 Å². The molecule has 1 amide bonds. The third-order valence-electron chi connectivity index (χ3n) is 4.24. The zero-order valence-corrected chi connectivity index (χ0v) is 11.5. The summed E-state index contributed by atoms with van der Waals surface area (Å²) >= 11 is 0. The van der Waals surface area contributed by atoms with Gasteiger partial charge < -0.3 is 10.2 Å². The Hall–Kier alpha value is -1.46. The second-order valence-electron chi connectivity index (χ2n) is 5.48. The summed E-state index contributed by atoms with van der Waals surface area (Å²) in [5, 5.41) is 3.38. The summed E-state index contributed by atoms with van der Waals surface area (Å²) in [5.74, 6) is -0.297. The first kappa shape index (κ1) is 13.5. The Kier molecular flexibility index (Phi) is 3.98. The predicted molar refractivity (Wildman–Crippen MR) is 75.2 cm³/mol. The summed E-state index contributed by atoms with van der Waals surface area (Å²) in [5.41, 5.74) is 0.572. The molecular weight excluding hydrogens is 257 g/mol. The summed E-state index contributed by atoms with van der Waals surface area (Å²) in [6, 6.07) is 6.43. The molecule has 2 heterocycles. The molecule has 0 saturated carbocycles. The average molecular weight is 277 g/mol. The minimum atomic E-state index is -0.305. The Labute approximate surface area is 118 Å². The van der Waals surface area contributed by atoms with E-state index in [1.54, 1.807) is 12.1 Å². The zero-order valence-electron chi connectivity index (χ0n) is 11.5. The number of amides is 1. The quantitative estimate of drug-likeness (QED) is 0.874. The molecule has 0 spiro atoms. The van der Waals surface area contributed by atoms with E-state index in [0.29, 0.717) is 11.6 Å². The zero-order chi connectivity index (χ0) is 13.9. The van der Waals surface area contributed by atoms with Gasteiger partial charge in [-0.2, -0.15) is 0 Å². The lowest BCUT2D eigenvalue weighted by atomic mass is 10.1. The maximum absolute atomic E-state index is 12.9. The van der Waals surface area contributed by atoms with Gasteiger partial charge in [0.25, 0.3) is 5.91 Å². The fourth-order valence-electron chi connectivity index (χ4n) is 3.02. The van der Waals surface area contributed by atoms with Gasteiger partial charge in [-0.3, -0.25) is 9.69 Å². The lowest BCUT2D eigenvalue weighted by Gasteiger charge is -2.37. The Morgan fingerprint density at radius 2 is 1.85 bits per heavy atom.